The van der Waals surface area contributed by atoms with Gasteiger partial charge in [0.1, 0.15) is 11.2 Å². The predicted octanol–water partition coefficient (Wildman–Crippen LogP) is 14.9. The van der Waals surface area contributed by atoms with Crippen LogP contribution < -0.4 is 4.90 Å². The molecule has 4 nitrogen and oxygen atoms in total. The molecule has 0 radical (unpaired) electrons. The van der Waals surface area contributed by atoms with E-state index in [9.17, 15) is 0 Å². The number of nitrogens with zero attached hydrogens (tertiary/aromatic N) is 2. The number of benzene rings is 8. The summed E-state index contributed by atoms with van der Waals surface area (Å²) in [6, 6.07) is 63.6. The van der Waals surface area contributed by atoms with Crippen molar-refractivity contribution in [1.82, 2.24) is 4.57 Å². The van der Waals surface area contributed by atoms with Crippen LogP contribution in [0.15, 0.2) is 191 Å². The third-order valence-electron chi connectivity index (χ3n) is 10.7. The average molecular weight is 727 g/mol. The number of furan rings is 2. The van der Waals surface area contributed by atoms with Crippen molar-refractivity contribution in [2.24, 2.45) is 7.05 Å². The fraction of sp³-hybridized carbons (Fsp3) is 0.0769. The standard InChI is InChI=1S/C37H25NO2.C13H11N.C2H6/c1-38(33-15-9-8-14-28(33)25-12-6-3-7-13-25)27-17-21-34-32(23-27)31-20-19-30-29-18-16-26(24-10-4-2-5-11-24)22-35(29)40-36(30)37(31)39-34;1-14-12-8-4-2-6-10(12)11-7-3-5-9-13(11)14;1-2/h2-23H,1H3;2-9H,1H3;1-2H3. The minimum absolute atomic E-state index is 0.787. The van der Waals surface area contributed by atoms with Crippen LogP contribution in [0.3, 0.4) is 0 Å². The van der Waals surface area contributed by atoms with Gasteiger partial charge in [0.25, 0.3) is 0 Å². The van der Waals surface area contributed by atoms with Gasteiger partial charge in [0.2, 0.25) is 0 Å². The zero-order chi connectivity index (χ0) is 38.2. The molecule has 4 heteroatoms. The summed E-state index contributed by atoms with van der Waals surface area (Å²) in [6.07, 6.45) is 0. The molecule has 0 saturated carbocycles. The summed E-state index contributed by atoms with van der Waals surface area (Å²) in [5.41, 5.74) is 12.8. The summed E-state index contributed by atoms with van der Waals surface area (Å²) < 4.78 is 15.1. The molecule has 11 aromatic rings. The quantitative estimate of drug-likeness (QED) is 0.181. The van der Waals surface area contributed by atoms with Crippen LogP contribution in [0.5, 0.6) is 0 Å². The number of fused-ring (bicyclic) bond motifs is 10. The van der Waals surface area contributed by atoms with Crippen LogP contribution in [0, 0.1) is 0 Å². The molecule has 0 aliphatic rings. The molecular weight excluding hydrogens is 685 g/mol. The predicted molar refractivity (Wildman–Crippen MR) is 238 cm³/mol. The molecule has 0 bridgehead atoms. The Morgan fingerprint density at radius 2 is 0.946 bits per heavy atom. The van der Waals surface area contributed by atoms with Crippen molar-refractivity contribution in [3.05, 3.63) is 182 Å². The van der Waals surface area contributed by atoms with Gasteiger partial charge >= 0.3 is 0 Å². The minimum atomic E-state index is 0.787. The van der Waals surface area contributed by atoms with Crippen molar-refractivity contribution in [3.63, 3.8) is 0 Å². The topological polar surface area (TPSA) is 34.5 Å². The Morgan fingerprint density at radius 1 is 0.411 bits per heavy atom. The van der Waals surface area contributed by atoms with Crippen molar-refractivity contribution in [3.8, 4) is 22.3 Å². The second-order valence-corrected chi connectivity index (χ2v) is 13.8. The van der Waals surface area contributed by atoms with E-state index >= 15 is 0 Å². The summed E-state index contributed by atoms with van der Waals surface area (Å²) in [5.74, 6) is 0. The van der Waals surface area contributed by atoms with E-state index in [0.29, 0.717) is 0 Å². The number of rotatable bonds is 4. The van der Waals surface area contributed by atoms with Gasteiger partial charge in [-0.15, -0.1) is 0 Å². The van der Waals surface area contributed by atoms with Crippen LogP contribution in [-0.4, -0.2) is 11.6 Å². The summed E-state index contributed by atoms with van der Waals surface area (Å²) in [5, 5.41) is 6.96. The summed E-state index contributed by atoms with van der Waals surface area (Å²) in [4.78, 5) is 2.24. The number of anilines is 2. The Kier molecular flexibility index (Phi) is 9.08. The first-order valence-electron chi connectivity index (χ1n) is 19.3. The Hall–Kier alpha value is -7.04. The molecule has 0 amide bonds. The van der Waals surface area contributed by atoms with Gasteiger partial charge in [-0.1, -0.05) is 135 Å². The van der Waals surface area contributed by atoms with Gasteiger partial charge in [-0.2, -0.15) is 0 Å². The number of hydrogen-bond acceptors (Lipinski definition) is 3. The van der Waals surface area contributed by atoms with Gasteiger partial charge in [0.05, 0.1) is 0 Å². The minimum Gasteiger partial charge on any atom is -0.452 e. The molecule has 0 fully saturated rings. The molecule has 272 valence electrons. The van der Waals surface area contributed by atoms with Crippen molar-refractivity contribution in [2.45, 2.75) is 13.8 Å². The molecule has 11 rings (SSSR count). The highest BCUT2D eigenvalue weighted by Gasteiger charge is 2.18. The van der Waals surface area contributed by atoms with E-state index in [4.69, 9.17) is 8.83 Å². The number of hydrogen-bond donors (Lipinski definition) is 0. The Balaban J connectivity index is 0.000000214. The van der Waals surface area contributed by atoms with Gasteiger partial charge in [-0.05, 0) is 77.4 Å². The van der Waals surface area contributed by atoms with Gasteiger partial charge in [0.15, 0.2) is 11.2 Å². The number of aryl methyl sites for hydroxylation is 1. The molecule has 0 atom stereocenters. The first-order chi connectivity index (χ1) is 27.6. The highest BCUT2D eigenvalue weighted by molar-refractivity contribution is 6.19. The normalized spacial score (nSPS) is 11.2. The number of para-hydroxylation sites is 3. The van der Waals surface area contributed by atoms with E-state index in [-0.39, 0.29) is 0 Å². The van der Waals surface area contributed by atoms with E-state index in [2.05, 4.69) is 199 Å². The van der Waals surface area contributed by atoms with Crippen LogP contribution in [0.2, 0.25) is 0 Å². The number of aromatic nitrogens is 1. The molecule has 0 spiro atoms. The lowest BCUT2D eigenvalue weighted by Gasteiger charge is -2.23. The van der Waals surface area contributed by atoms with E-state index < -0.39 is 0 Å². The molecule has 0 N–H and O–H groups in total. The molecular formula is C52H42N2O2. The monoisotopic (exact) mass is 726 g/mol. The molecule has 3 aromatic heterocycles. The van der Waals surface area contributed by atoms with Crippen LogP contribution in [0.4, 0.5) is 11.4 Å². The average Bonchev–Trinajstić information content (AvgIpc) is 3.94. The molecule has 0 unspecified atom stereocenters. The summed E-state index contributed by atoms with van der Waals surface area (Å²) in [7, 11) is 4.23. The van der Waals surface area contributed by atoms with Crippen molar-refractivity contribution >= 4 is 77.1 Å². The van der Waals surface area contributed by atoms with Gasteiger partial charge in [0, 0.05) is 74.4 Å². The first-order valence-corrected chi connectivity index (χ1v) is 19.3. The van der Waals surface area contributed by atoms with Gasteiger partial charge in [-0.3, -0.25) is 0 Å². The summed E-state index contributed by atoms with van der Waals surface area (Å²) >= 11 is 0. The third-order valence-corrected chi connectivity index (χ3v) is 10.7. The zero-order valence-corrected chi connectivity index (χ0v) is 32.0. The molecule has 8 aromatic carbocycles. The highest BCUT2D eigenvalue weighted by Crippen LogP contribution is 2.42. The zero-order valence-electron chi connectivity index (χ0n) is 32.0. The fourth-order valence-electron chi connectivity index (χ4n) is 7.96. The van der Waals surface area contributed by atoms with Crippen LogP contribution in [0.25, 0.3) is 87.9 Å². The Labute approximate surface area is 326 Å². The Bertz CT molecular complexity index is 3080. The summed E-state index contributed by atoms with van der Waals surface area (Å²) in [6.45, 7) is 4.00. The van der Waals surface area contributed by atoms with Gasteiger partial charge in [-0.25, -0.2) is 0 Å². The van der Waals surface area contributed by atoms with E-state index in [1.54, 1.807) is 0 Å². The fourth-order valence-corrected chi connectivity index (χ4v) is 7.96. The highest BCUT2D eigenvalue weighted by atomic mass is 16.4. The lowest BCUT2D eigenvalue weighted by atomic mass is 10.0. The SMILES string of the molecule is CC.CN(c1ccc2oc3c(ccc4c5ccc(-c6ccccc6)cc5oc43)c2c1)c1ccccc1-c1ccccc1.Cn1c2ccccc2c2ccccc21. The lowest BCUT2D eigenvalue weighted by Crippen LogP contribution is -2.10. The van der Waals surface area contributed by atoms with E-state index in [0.717, 1.165) is 60.8 Å². The molecule has 3 heterocycles. The van der Waals surface area contributed by atoms with Crippen molar-refractivity contribution in [2.75, 3.05) is 11.9 Å². The van der Waals surface area contributed by atoms with E-state index in [1.165, 1.54) is 38.5 Å². The van der Waals surface area contributed by atoms with Crippen LogP contribution in [-0.2, 0) is 7.05 Å². The molecule has 0 aliphatic heterocycles. The van der Waals surface area contributed by atoms with Crippen molar-refractivity contribution < 1.29 is 8.83 Å². The van der Waals surface area contributed by atoms with Crippen LogP contribution in [0.1, 0.15) is 13.8 Å². The smallest absolute Gasteiger partial charge is 0.178 e. The van der Waals surface area contributed by atoms with Crippen LogP contribution >= 0.6 is 0 Å². The van der Waals surface area contributed by atoms with Crippen molar-refractivity contribution in [1.29, 1.82) is 0 Å². The largest absolute Gasteiger partial charge is 0.452 e. The second-order valence-electron chi connectivity index (χ2n) is 13.8. The van der Waals surface area contributed by atoms with E-state index in [1.807, 2.05) is 19.9 Å². The maximum Gasteiger partial charge on any atom is 0.178 e. The molecule has 0 aliphatic carbocycles. The third kappa shape index (κ3) is 5.96. The van der Waals surface area contributed by atoms with Gasteiger partial charge < -0.3 is 18.3 Å². The maximum atomic E-state index is 6.46. The maximum absolute atomic E-state index is 6.46. The first kappa shape index (κ1) is 34.7. The Morgan fingerprint density at radius 3 is 1.62 bits per heavy atom. The molecule has 56 heavy (non-hydrogen) atoms. The second kappa shape index (κ2) is 14.7. The molecule has 0 saturated heterocycles. The lowest BCUT2D eigenvalue weighted by molar-refractivity contribution is 0.633.